The van der Waals surface area contributed by atoms with Gasteiger partial charge in [0.05, 0.1) is 15.8 Å². The summed E-state index contributed by atoms with van der Waals surface area (Å²) in [4.78, 5) is 13.0. The van der Waals surface area contributed by atoms with Gasteiger partial charge >= 0.3 is 6.18 Å². The van der Waals surface area contributed by atoms with Gasteiger partial charge in [0.1, 0.15) is 0 Å². The fourth-order valence-electron chi connectivity index (χ4n) is 1.99. The van der Waals surface area contributed by atoms with Crippen molar-refractivity contribution >= 4 is 46.9 Å². The van der Waals surface area contributed by atoms with Crippen LogP contribution in [-0.2, 0) is 17.5 Å². The molecular formula is C15H15Cl2F3N2OS. The minimum atomic E-state index is -4.50. The van der Waals surface area contributed by atoms with Crippen LogP contribution < -0.4 is 11.1 Å². The summed E-state index contributed by atoms with van der Waals surface area (Å²) in [5.41, 5.74) is 4.94. The summed E-state index contributed by atoms with van der Waals surface area (Å²) < 4.78 is 39.2. The van der Waals surface area contributed by atoms with E-state index in [1.807, 2.05) is 0 Å². The van der Waals surface area contributed by atoms with E-state index in [-0.39, 0.29) is 24.6 Å². The van der Waals surface area contributed by atoms with Crippen LogP contribution in [0.15, 0.2) is 30.3 Å². The average molecular weight is 399 g/mol. The molecule has 2 aromatic rings. The summed E-state index contributed by atoms with van der Waals surface area (Å²) >= 11 is 7.08. The summed E-state index contributed by atoms with van der Waals surface area (Å²) in [6, 6.07) is 6.68. The molecule has 132 valence electrons. The van der Waals surface area contributed by atoms with E-state index < -0.39 is 23.6 Å². The SMILES string of the molecule is CC(C(=O)Nc1cc(CN)cc(C(F)(F)F)c1)c1ccc(Cl)s1.Cl. The van der Waals surface area contributed by atoms with E-state index in [0.717, 1.165) is 17.0 Å². The molecule has 0 aliphatic carbocycles. The van der Waals surface area contributed by atoms with Crippen molar-refractivity contribution in [2.75, 3.05) is 5.32 Å². The average Bonchev–Trinajstić information content (AvgIpc) is 2.91. The molecule has 0 radical (unpaired) electrons. The molecule has 0 aliphatic rings. The number of nitrogens with two attached hydrogens (primary N) is 1. The number of nitrogens with one attached hydrogen (secondary N) is 1. The first kappa shape index (κ1) is 20.8. The lowest BCUT2D eigenvalue weighted by Crippen LogP contribution is -2.19. The van der Waals surface area contributed by atoms with Crippen LogP contribution in [0.1, 0.15) is 28.8 Å². The van der Waals surface area contributed by atoms with Crippen LogP contribution in [0.4, 0.5) is 18.9 Å². The highest BCUT2D eigenvalue weighted by molar-refractivity contribution is 7.16. The number of halogens is 5. The number of amides is 1. The monoisotopic (exact) mass is 398 g/mol. The number of carbonyl (C=O) groups is 1. The van der Waals surface area contributed by atoms with Crippen molar-refractivity contribution in [2.24, 2.45) is 5.73 Å². The molecule has 9 heteroatoms. The number of alkyl halides is 3. The third-order valence-corrected chi connectivity index (χ3v) is 4.65. The third-order valence-electron chi connectivity index (χ3n) is 3.24. The van der Waals surface area contributed by atoms with E-state index >= 15 is 0 Å². The molecule has 0 fully saturated rings. The Bertz CT molecular complexity index is 719. The van der Waals surface area contributed by atoms with E-state index in [1.54, 1.807) is 19.1 Å². The highest BCUT2D eigenvalue weighted by Crippen LogP contribution is 2.33. The van der Waals surface area contributed by atoms with E-state index in [0.29, 0.717) is 9.90 Å². The van der Waals surface area contributed by atoms with Crippen LogP contribution in [-0.4, -0.2) is 5.91 Å². The van der Waals surface area contributed by atoms with Crippen molar-refractivity contribution in [3.63, 3.8) is 0 Å². The molecule has 0 aliphatic heterocycles. The fraction of sp³-hybridized carbons (Fsp3) is 0.267. The topological polar surface area (TPSA) is 55.1 Å². The van der Waals surface area contributed by atoms with Crippen molar-refractivity contribution in [1.29, 1.82) is 0 Å². The van der Waals surface area contributed by atoms with Crippen LogP contribution in [0, 0.1) is 0 Å². The largest absolute Gasteiger partial charge is 0.416 e. The van der Waals surface area contributed by atoms with Gasteiger partial charge in [-0.1, -0.05) is 11.6 Å². The fourth-order valence-corrected chi connectivity index (χ4v) is 3.10. The van der Waals surface area contributed by atoms with Gasteiger partial charge in [0.15, 0.2) is 0 Å². The van der Waals surface area contributed by atoms with Gasteiger partial charge in [-0.3, -0.25) is 4.79 Å². The molecular weight excluding hydrogens is 384 g/mol. The van der Waals surface area contributed by atoms with E-state index in [9.17, 15) is 18.0 Å². The second-order valence-electron chi connectivity index (χ2n) is 4.97. The number of hydrogen-bond donors (Lipinski definition) is 2. The Labute approximate surface area is 152 Å². The van der Waals surface area contributed by atoms with Gasteiger partial charge in [-0.2, -0.15) is 13.2 Å². The molecule has 2 rings (SSSR count). The Morgan fingerprint density at radius 3 is 2.50 bits per heavy atom. The van der Waals surface area contributed by atoms with Crippen molar-refractivity contribution in [1.82, 2.24) is 0 Å². The zero-order valence-electron chi connectivity index (χ0n) is 12.5. The zero-order chi connectivity index (χ0) is 17.2. The van der Waals surface area contributed by atoms with Crippen molar-refractivity contribution < 1.29 is 18.0 Å². The van der Waals surface area contributed by atoms with Gasteiger partial charge in [-0.15, -0.1) is 23.7 Å². The molecule has 0 saturated heterocycles. The quantitative estimate of drug-likeness (QED) is 0.757. The normalized spacial score (nSPS) is 12.4. The molecule has 0 saturated carbocycles. The van der Waals surface area contributed by atoms with Crippen LogP contribution in [0.25, 0.3) is 0 Å². The number of thiophene rings is 1. The summed E-state index contributed by atoms with van der Waals surface area (Å²) in [7, 11) is 0. The molecule has 24 heavy (non-hydrogen) atoms. The van der Waals surface area contributed by atoms with Gasteiger partial charge in [-0.05, 0) is 42.8 Å². The second-order valence-corrected chi connectivity index (χ2v) is 6.72. The van der Waals surface area contributed by atoms with Gasteiger partial charge in [0.2, 0.25) is 5.91 Å². The number of carbonyl (C=O) groups excluding carboxylic acids is 1. The maximum atomic E-state index is 12.9. The van der Waals surface area contributed by atoms with Crippen molar-refractivity contribution in [3.8, 4) is 0 Å². The lowest BCUT2D eigenvalue weighted by molar-refractivity contribution is -0.137. The minimum Gasteiger partial charge on any atom is -0.326 e. The molecule has 1 atom stereocenters. The van der Waals surface area contributed by atoms with E-state index in [4.69, 9.17) is 17.3 Å². The highest BCUT2D eigenvalue weighted by Gasteiger charge is 2.31. The molecule has 1 amide bonds. The Kier molecular flexibility index (Phi) is 7.10. The maximum Gasteiger partial charge on any atom is 0.416 e. The summed E-state index contributed by atoms with van der Waals surface area (Å²) in [6.45, 7) is 1.61. The van der Waals surface area contributed by atoms with Crippen LogP contribution in [0.2, 0.25) is 4.34 Å². The van der Waals surface area contributed by atoms with Gasteiger partial charge < -0.3 is 11.1 Å². The Hall–Kier alpha value is -1.28. The Morgan fingerprint density at radius 2 is 2.00 bits per heavy atom. The molecule has 0 spiro atoms. The number of hydrogen-bond acceptors (Lipinski definition) is 3. The smallest absolute Gasteiger partial charge is 0.326 e. The predicted octanol–water partition coefficient (Wildman–Crippen LogP) is 5.04. The lowest BCUT2D eigenvalue weighted by Gasteiger charge is -2.14. The summed E-state index contributed by atoms with van der Waals surface area (Å²) in [5.74, 6) is -0.936. The number of anilines is 1. The van der Waals surface area contributed by atoms with Crippen molar-refractivity contribution in [3.05, 3.63) is 50.7 Å². The van der Waals surface area contributed by atoms with Gasteiger partial charge in [0.25, 0.3) is 0 Å². The first-order valence-corrected chi connectivity index (χ1v) is 7.87. The van der Waals surface area contributed by atoms with Crippen LogP contribution in [0.5, 0.6) is 0 Å². The first-order valence-electron chi connectivity index (χ1n) is 6.68. The minimum absolute atomic E-state index is 0. The Morgan fingerprint density at radius 1 is 1.33 bits per heavy atom. The predicted molar refractivity (Wildman–Crippen MR) is 93.0 cm³/mol. The standard InChI is InChI=1S/C15H14ClF3N2OS.ClH/c1-8(12-2-3-13(16)23-12)14(22)21-11-5-9(7-20)4-10(6-11)15(17,18)19;/h2-6,8H,7,20H2,1H3,(H,21,22);1H. The molecule has 3 N–H and O–H groups in total. The number of rotatable bonds is 4. The molecule has 1 heterocycles. The lowest BCUT2D eigenvalue weighted by atomic mass is 10.1. The Balaban J connectivity index is 0.00000288. The van der Waals surface area contributed by atoms with E-state index in [2.05, 4.69) is 5.32 Å². The van der Waals surface area contributed by atoms with Crippen LogP contribution >= 0.6 is 35.3 Å². The first-order chi connectivity index (χ1) is 10.7. The molecule has 1 aromatic heterocycles. The maximum absolute atomic E-state index is 12.9. The van der Waals surface area contributed by atoms with E-state index in [1.165, 1.54) is 17.4 Å². The van der Waals surface area contributed by atoms with Crippen LogP contribution in [0.3, 0.4) is 0 Å². The zero-order valence-corrected chi connectivity index (χ0v) is 14.9. The summed E-state index contributed by atoms with van der Waals surface area (Å²) in [6.07, 6.45) is -4.50. The van der Waals surface area contributed by atoms with Gasteiger partial charge in [0, 0.05) is 17.1 Å². The molecule has 1 unspecified atom stereocenters. The molecule has 3 nitrogen and oxygen atoms in total. The molecule has 0 bridgehead atoms. The van der Waals surface area contributed by atoms with Gasteiger partial charge in [-0.25, -0.2) is 0 Å². The second kappa shape index (κ2) is 8.20. The molecule has 1 aromatic carbocycles. The third kappa shape index (κ3) is 5.11. The highest BCUT2D eigenvalue weighted by atomic mass is 35.5. The van der Waals surface area contributed by atoms with Crippen molar-refractivity contribution in [2.45, 2.75) is 25.6 Å². The summed E-state index contributed by atoms with van der Waals surface area (Å²) in [5, 5.41) is 2.51. The number of benzene rings is 1.